The first-order valence-electron chi connectivity index (χ1n) is 6.05. The molecule has 3 heterocycles. The summed E-state index contributed by atoms with van der Waals surface area (Å²) in [6.07, 6.45) is 1.82. The Kier molecular flexibility index (Phi) is 1.84. The molecule has 0 bridgehead atoms. The van der Waals surface area contributed by atoms with Crippen LogP contribution in [0.25, 0.3) is 22.5 Å². The average Bonchev–Trinajstić information content (AvgIpc) is 2.78. The van der Waals surface area contributed by atoms with Crippen molar-refractivity contribution in [3.63, 3.8) is 0 Å². The third kappa shape index (κ3) is 1.32. The van der Waals surface area contributed by atoms with Gasteiger partial charge in [-0.25, -0.2) is 9.78 Å². The van der Waals surface area contributed by atoms with Gasteiger partial charge in [0.2, 0.25) is 5.65 Å². The summed E-state index contributed by atoms with van der Waals surface area (Å²) in [4.78, 5) is 20.2. The first-order chi connectivity index (χ1) is 9.24. The number of fused-ring (bicyclic) bond motifs is 4. The van der Waals surface area contributed by atoms with E-state index in [0.717, 1.165) is 22.2 Å². The summed E-state index contributed by atoms with van der Waals surface area (Å²) in [6.45, 7) is 1.96. The summed E-state index contributed by atoms with van der Waals surface area (Å²) >= 11 is 0. The molecule has 0 atom stereocenters. The van der Waals surface area contributed by atoms with Crippen molar-refractivity contribution < 1.29 is 4.98 Å². The van der Waals surface area contributed by atoms with Crippen molar-refractivity contribution in [1.29, 1.82) is 0 Å². The lowest BCUT2D eigenvalue weighted by atomic mass is 10.3. The van der Waals surface area contributed by atoms with Gasteiger partial charge in [0, 0.05) is 6.07 Å². The molecule has 0 saturated carbocycles. The second-order valence-electron chi connectivity index (χ2n) is 4.63. The topological polar surface area (TPSA) is 52.9 Å². The maximum Gasteiger partial charge on any atom is 0.428 e. The van der Waals surface area contributed by atoms with E-state index in [1.54, 1.807) is 8.80 Å². The van der Waals surface area contributed by atoms with E-state index >= 15 is 0 Å². The van der Waals surface area contributed by atoms with Crippen molar-refractivity contribution in [2.45, 2.75) is 6.92 Å². The Balaban J connectivity index is 2.34. The van der Waals surface area contributed by atoms with Crippen LogP contribution >= 0.6 is 0 Å². The Labute approximate surface area is 107 Å². The molecule has 0 aliphatic rings. The number of aryl methyl sites for hydroxylation is 1. The summed E-state index contributed by atoms with van der Waals surface area (Å²) in [5, 5.41) is 0. The molecule has 92 valence electrons. The van der Waals surface area contributed by atoms with Crippen LogP contribution in [0, 0.1) is 6.92 Å². The second-order valence-corrected chi connectivity index (χ2v) is 4.63. The Bertz CT molecular complexity index is 997. The predicted molar refractivity (Wildman–Crippen MR) is 71.2 cm³/mol. The van der Waals surface area contributed by atoms with Gasteiger partial charge in [-0.3, -0.25) is 0 Å². The van der Waals surface area contributed by atoms with E-state index in [-0.39, 0.29) is 5.69 Å². The van der Waals surface area contributed by atoms with Gasteiger partial charge in [0.1, 0.15) is 5.52 Å². The molecule has 0 aliphatic heterocycles. The summed E-state index contributed by atoms with van der Waals surface area (Å²) in [7, 11) is 0. The van der Waals surface area contributed by atoms with E-state index in [1.807, 2.05) is 49.5 Å². The quantitative estimate of drug-likeness (QED) is 0.472. The molecule has 1 aromatic carbocycles. The number of H-pyrrole nitrogens is 1. The Hall–Kier alpha value is -2.69. The smallest absolute Gasteiger partial charge is 0.237 e. The van der Waals surface area contributed by atoms with E-state index < -0.39 is 0 Å². The van der Waals surface area contributed by atoms with Gasteiger partial charge in [0.05, 0.1) is 6.20 Å². The highest BCUT2D eigenvalue weighted by molar-refractivity contribution is 5.78. The number of imidazole rings is 1. The van der Waals surface area contributed by atoms with Crippen molar-refractivity contribution >= 4 is 22.5 Å². The maximum atomic E-state index is 12.6. The molecular weight excluding hydrogens is 240 g/mol. The van der Waals surface area contributed by atoms with Crippen LogP contribution in [-0.4, -0.2) is 13.8 Å². The third-order valence-corrected chi connectivity index (χ3v) is 3.29. The number of hydrogen-bond acceptors (Lipinski definition) is 2. The zero-order chi connectivity index (χ0) is 13.0. The minimum absolute atomic E-state index is 0.110. The molecule has 0 amide bonds. The zero-order valence-electron chi connectivity index (χ0n) is 10.3. The molecule has 5 heteroatoms. The highest BCUT2D eigenvalue weighted by atomic mass is 16.1. The highest BCUT2D eigenvalue weighted by Crippen LogP contribution is 2.11. The number of aromatic amines is 1. The van der Waals surface area contributed by atoms with Crippen LogP contribution in [-0.2, 0) is 0 Å². The van der Waals surface area contributed by atoms with Gasteiger partial charge in [0.15, 0.2) is 5.52 Å². The normalized spacial score (nSPS) is 11.6. The summed E-state index contributed by atoms with van der Waals surface area (Å²) < 4.78 is 3.21. The molecule has 0 unspecified atom stereocenters. The number of para-hydroxylation sites is 2. The average molecular weight is 251 g/mol. The molecule has 19 heavy (non-hydrogen) atoms. The monoisotopic (exact) mass is 251 g/mol. The van der Waals surface area contributed by atoms with E-state index in [0.29, 0.717) is 5.78 Å². The molecule has 1 N–H and O–H groups in total. The summed E-state index contributed by atoms with van der Waals surface area (Å²) in [5.74, 6) is 0.565. The predicted octanol–water partition coefficient (Wildman–Crippen LogP) is 1.22. The number of hydrogen-bond donors (Lipinski definition) is 0. The molecule has 3 aromatic heterocycles. The minimum Gasteiger partial charge on any atom is -0.237 e. The Morgan fingerprint density at radius 1 is 1.16 bits per heavy atom. The molecule has 0 fully saturated rings. The van der Waals surface area contributed by atoms with Crippen molar-refractivity contribution in [2.75, 3.05) is 0 Å². The zero-order valence-corrected chi connectivity index (χ0v) is 10.3. The number of benzene rings is 1. The van der Waals surface area contributed by atoms with Gasteiger partial charge in [-0.1, -0.05) is 18.2 Å². The molecule has 0 saturated heterocycles. The fourth-order valence-corrected chi connectivity index (χ4v) is 2.39. The van der Waals surface area contributed by atoms with Crippen LogP contribution < -0.4 is 10.7 Å². The number of aromatic nitrogens is 4. The van der Waals surface area contributed by atoms with E-state index in [1.165, 1.54) is 0 Å². The highest BCUT2D eigenvalue weighted by Gasteiger charge is 2.17. The number of rotatable bonds is 0. The molecular formula is C14H11N4O+. The Morgan fingerprint density at radius 2 is 2.00 bits per heavy atom. The van der Waals surface area contributed by atoms with E-state index in [9.17, 15) is 4.79 Å². The molecule has 4 aromatic rings. The first-order valence-corrected chi connectivity index (χ1v) is 6.05. The molecule has 0 spiro atoms. The van der Waals surface area contributed by atoms with Gasteiger partial charge in [0.25, 0.3) is 0 Å². The van der Waals surface area contributed by atoms with Crippen LogP contribution in [0.5, 0.6) is 0 Å². The van der Waals surface area contributed by atoms with Crippen LogP contribution in [0.4, 0.5) is 0 Å². The van der Waals surface area contributed by atoms with Gasteiger partial charge in [-0.2, -0.15) is 8.80 Å². The fourth-order valence-electron chi connectivity index (χ4n) is 2.39. The van der Waals surface area contributed by atoms with Crippen molar-refractivity contribution in [1.82, 2.24) is 13.8 Å². The lowest BCUT2D eigenvalue weighted by molar-refractivity contribution is -0.325. The summed E-state index contributed by atoms with van der Waals surface area (Å²) in [6, 6.07) is 11.5. The lowest BCUT2D eigenvalue weighted by Crippen LogP contribution is -2.29. The van der Waals surface area contributed by atoms with Crippen molar-refractivity contribution in [3.05, 3.63) is 58.6 Å². The second kappa shape index (κ2) is 3.41. The number of pyridine rings is 1. The standard InChI is InChI=1S/C14H10N4O/c1-9-6-7-12-16-13-15-10-4-2-3-5-11(10)18(13)14(19)17(12)8-9/h2-8H,1H3/p+1. The van der Waals surface area contributed by atoms with Crippen LogP contribution in [0.3, 0.4) is 0 Å². The van der Waals surface area contributed by atoms with Gasteiger partial charge >= 0.3 is 11.5 Å². The van der Waals surface area contributed by atoms with Gasteiger partial charge in [-0.15, -0.1) is 4.98 Å². The maximum absolute atomic E-state index is 12.6. The molecule has 0 radical (unpaired) electrons. The fraction of sp³-hybridized carbons (Fsp3) is 0.0714. The van der Waals surface area contributed by atoms with Crippen molar-refractivity contribution in [2.24, 2.45) is 0 Å². The van der Waals surface area contributed by atoms with Gasteiger partial charge in [-0.05, 0) is 24.6 Å². The summed E-state index contributed by atoms with van der Waals surface area (Å²) in [5.41, 5.74) is 3.28. The van der Waals surface area contributed by atoms with Crippen LogP contribution in [0.2, 0.25) is 0 Å². The van der Waals surface area contributed by atoms with Crippen LogP contribution in [0.15, 0.2) is 47.4 Å². The van der Waals surface area contributed by atoms with Crippen molar-refractivity contribution in [3.8, 4) is 0 Å². The van der Waals surface area contributed by atoms with E-state index in [4.69, 9.17) is 0 Å². The molecule has 5 nitrogen and oxygen atoms in total. The molecule has 4 rings (SSSR count). The van der Waals surface area contributed by atoms with Crippen LogP contribution in [0.1, 0.15) is 5.56 Å². The lowest BCUT2D eigenvalue weighted by Gasteiger charge is -1.97. The Morgan fingerprint density at radius 3 is 2.89 bits per heavy atom. The largest absolute Gasteiger partial charge is 0.428 e. The minimum atomic E-state index is -0.110. The number of nitrogens with one attached hydrogen (secondary N) is 1. The first kappa shape index (κ1) is 10.3. The van der Waals surface area contributed by atoms with Gasteiger partial charge < -0.3 is 0 Å². The number of nitrogens with zero attached hydrogens (tertiary/aromatic N) is 3. The SMILES string of the molecule is Cc1ccc2[nH+]c3nc4ccccc4n3c(=O)n2c1. The molecule has 0 aliphatic carbocycles. The third-order valence-electron chi connectivity index (χ3n) is 3.29. The van der Waals surface area contributed by atoms with E-state index in [2.05, 4.69) is 9.97 Å².